The first-order valence-corrected chi connectivity index (χ1v) is 18.9. The highest BCUT2D eigenvalue weighted by molar-refractivity contribution is 6.76. The molecule has 1 fully saturated rings. The third-order valence-electron chi connectivity index (χ3n) is 8.07. The number of pyridine rings is 1. The first-order chi connectivity index (χ1) is 20.1. The van der Waals surface area contributed by atoms with Crippen molar-refractivity contribution in [2.45, 2.75) is 96.4 Å². The molecule has 3 heterocycles. The van der Waals surface area contributed by atoms with Crippen molar-refractivity contribution in [3.8, 4) is 17.3 Å². The molecule has 3 aromatic rings. The number of hydrogen-bond acceptors (Lipinski definition) is 9. The number of hydrogen-bond donors (Lipinski definition) is 3. The maximum Gasteiger partial charge on any atom is 0.494 e. The number of fused-ring (bicyclic) bond motifs is 1. The third kappa shape index (κ3) is 8.17. The average molecular weight is 634 g/mol. The highest BCUT2D eigenvalue weighted by Crippen LogP contribution is 2.37. The SMILES string of the molecule is CC1(C)OB(c2ccc(-c3nc4c(cc3Cl)nc(OC(CO)CCC(O)CO)n4COCC[Si](C)(C)C)cc2)OC1(C)C. The number of imidazole rings is 1. The second kappa shape index (κ2) is 13.5. The van der Waals surface area contributed by atoms with E-state index >= 15 is 0 Å². The number of ether oxygens (including phenoxy) is 2. The molecular formula is C30H45BClN3O7Si. The lowest BCUT2D eigenvalue weighted by Gasteiger charge is -2.32. The Kier molecular flexibility index (Phi) is 10.7. The molecule has 2 unspecified atom stereocenters. The largest absolute Gasteiger partial charge is 0.494 e. The molecule has 0 spiro atoms. The van der Waals surface area contributed by atoms with Crippen molar-refractivity contribution >= 4 is 43.4 Å². The van der Waals surface area contributed by atoms with Gasteiger partial charge in [-0.3, -0.25) is 4.57 Å². The van der Waals surface area contributed by atoms with Crippen LogP contribution in [-0.4, -0.2) is 88.3 Å². The summed E-state index contributed by atoms with van der Waals surface area (Å²) in [5.41, 5.74) is 2.48. The van der Waals surface area contributed by atoms with E-state index in [0.29, 0.717) is 34.9 Å². The van der Waals surface area contributed by atoms with Gasteiger partial charge in [-0.1, -0.05) is 55.5 Å². The third-order valence-corrected chi connectivity index (χ3v) is 10.1. The summed E-state index contributed by atoms with van der Waals surface area (Å²) < 4.78 is 26.3. The highest BCUT2D eigenvalue weighted by Gasteiger charge is 2.51. The molecule has 0 bridgehead atoms. The molecule has 0 saturated carbocycles. The topological polar surface area (TPSA) is 128 Å². The van der Waals surface area contributed by atoms with Crippen LogP contribution in [0.5, 0.6) is 6.01 Å². The zero-order chi connectivity index (χ0) is 31.6. The van der Waals surface area contributed by atoms with Crippen molar-refractivity contribution in [2.24, 2.45) is 0 Å². The Hall–Kier alpha value is -2.03. The fourth-order valence-electron chi connectivity index (χ4n) is 4.53. The van der Waals surface area contributed by atoms with E-state index in [-0.39, 0.29) is 32.4 Å². The van der Waals surface area contributed by atoms with Crippen LogP contribution < -0.4 is 10.2 Å². The lowest BCUT2D eigenvalue weighted by Crippen LogP contribution is -2.41. The van der Waals surface area contributed by atoms with Crippen LogP contribution in [0, 0.1) is 0 Å². The Bertz CT molecular complexity index is 1360. The lowest BCUT2D eigenvalue weighted by molar-refractivity contribution is 0.00578. The van der Waals surface area contributed by atoms with E-state index in [1.165, 1.54) is 0 Å². The van der Waals surface area contributed by atoms with E-state index in [2.05, 4.69) is 24.6 Å². The minimum Gasteiger partial charge on any atom is -0.459 e. The smallest absolute Gasteiger partial charge is 0.459 e. The molecule has 43 heavy (non-hydrogen) atoms. The van der Waals surface area contributed by atoms with Crippen LogP contribution in [0.4, 0.5) is 0 Å². The molecule has 1 aliphatic heterocycles. The quantitative estimate of drug-likeness (QED) is 0.176. The van der Waals surface area contributed by atoms with E-state index < -0.39 is 38.6 Å². The van der Waals surface area contributed by atoms with Crippen LogP contribution in [0.15, 0.2) is 30.3 Å². The van der Waals surface area contributed by atoms with Gasteiger partial charge in [0.1, 0.15) is 18.4 Å². The molecule has 0 amide bonds. The van der Waals surface area contributed by atoms with Crippen LogP contribution in [-0.2, 0) is 20.8 Å². The maximum absolute atomic E-state index is 9.95. The number of rotatable bonds is 14. The van der Waals surface area contributed by atoms with Gasteiger partial charge in [0, 0.05) is 20.2 Å². The predicted molar refractivity (Wildman–Crippen MR) is 172 cm³/mol. The monoisotopic (exact) mass is 633 g/mol. The Morgan fingerprint density at radius 2 is 1.65 bits per heavy atom. The Balaban J connectivity index is 1.63. The molecular weight excluding hydrogens is 589 g/mol. The Morgan fingerprint density at radius 3 is 2.23 bits per heavy atom. The first-order valence-electron chi connectivity index (χ1n) is 14.8. The van der Waals surface area contributed by atoms with E-state index in [1.807, 2.05) is 52.0 Å². The van der Waals surface area contributed by atoms with Crippen molar-refractivity contribution in [1.82, 2.24) is 14.5 Å². The zero-order valence-electron chi connectivity index (χ0n) is 26.3. The fourth-order valence-corrected chi connectivity index (χ4v) is 5.54. The van der Waals surface area contributed by atoms with Crippen LogP contribution in [0.2, 0.25) is 30.7 Å². The summed E-state index contributed by atoms with van der Waals surface area (Å²) >= 11 is 6.73. The fraction of sp³-hybridized carbons (Fsp3) is 0.600. The van der Waals surface area contributed by atoms with Crippen LogP contribution >= 0.6 is 11.6 Å². The van der Waals surface area contributed by atoms with Crippen molar-refractivity contribution in [2.75, 3.05) is 19.8 Å². The van der Waals surface area contributed by atoms with Gasteiger partial charge in [-0.2, -0.15) is 4.98 Å². The molecule has 13 heteroatoms. The minimum atomic E-state index is -1.30. The molecule has 2 aromatic heterocycles. The summed E-state index contributed by atoms with van der Waals surface area (Å²) in [5, 5.41) is 29.3. The number of aliphatic hydroxyl groups excluding tert-OH is 3. The van der Waals surface area contributed by atoms with Gasteiger partial charge >= 0.3 is 13.1 Å². The van der Waals surface area contributed by atoms with Crippen molar-refractivity contribution in [3.63, 3.8) is 0 Å². The number of benzene rings is 1. The minimum absolute atomic E-state index is 0.155. The summed E-state index contributed by atoms with van der Waals surface area (Å²) in [6.07, 6.45) is -0.936. The van der Waals surface area contributed by atoms with Gasteiger partial charge in [-0.15, -0.1) is 0 Å². The zero-order valence-corrected chi connectivity index (χ0v) is 28.0. The molecule has 1 aromatic carbocycles. The number of nitrogens with zero attached hydrogens (tertiary/aromatic N) is 3. The molecule has 1 saturated heterocycles. The van der Waals surface area contributed by atoms with Gasteiger partial charge in [-0.25, -0.2) is 4.98 Å². The van der Waals surface area contributed by atoms with Crippen molar-refractivity contribution in [3.05, 3.63) is 35.4 Å². The van der Waals surface area contributed by atoms with Crippen molar-refractivity contribution in [1.29, 1.82) is 0 Å². The van der Waals surface area contributed by atoms with Crippen LogP contribution in [0.25, 0.3) is 22.4 Å². The van der Waals surface area contributed by atoms with Gasteiger partial charge in [0.15, 0.2) is 5.65 Å². The number of aliphatic hydroxyl groups is 3. The van der Waals surface area contributed by atoms with E-state index in [4.69, 9.17) is 40.5 Å². The number of halogens is 1. The van der Waals surface area contributed by atoms with Crippen molar-refractivity contribution < 1.29 is 34.1 Å². The van der Waals surface area contributed by atoms with Crippen LogP contribution in [0.1, 0.15) is 40.5 Å². The van der Waals surface area contributed by atoms with Gasteiger partial charge < -0.3 is 34.1 Å². The summed E-state index contributed by atoms with van der Waals surface area (Å²) in [6.45, 7) is 15.1. The lowest BCUT2D eigenvalue weighted by atomic mass is 9.79. The molecule has 0 radical (unpaired) electrons. The van der Waals surface area contributed by atoms with Gasteiger partial charge in [-0.05, 0) is 58.1 Å². The highest BCUT2D eigenvalue weighted by atomic mass is 35.5. The van der Waals surface area contributed by atoms with Gasteiger partial charge in [0.2, 0.25) is 0 Å². The van der Waals surface area contributed by atoms with E-state index in [0.717, 1.165) is 17.1 Å². The molecule has 10 nitrogen and oxygen atoms in total. The molecule has 3 N–H and O–H groups in total. The molecule has 0 aliphatic carbocycles. The van der Waals surface area contributed by atoms with Gasteiger partial charge in [0.05, 0.1) is 41.2 Å². The average Bonchev–Trinajstić information content (AvgIpc) is 3.38. The summed E-state index contributed by atoms with van der Waals surface area (Å²) in [5.74, 6) is 0. The Labute approximate surface area is 260 Å². The molecule has 4 rings (SSSR count). The van der Waals surface area contributed by atoms with E-state index in [1.54, 1.807) is 10.6 Å². The first kappa shape index (κ1) is 33.9. The summed E-state index contributed by atoms with van der Waals surface area (Å²) in [6, 6.07) is 10.8. The molecule has 1 aliphatic rings. The maximum atomic E-state index is 9.95. The molecule has 236 valence electrons. The predicted octanol–water partition coefficient (Wildman–Crippen LogP) is 4.24. The second-order valence-electron chi connectivity index (χ2n) is 13.4. The number of aromatic nitrogens is 3. The Morgan fingerprint density at radius 1 is 1.00 bits per heavy atom. The standard InChI is InChI=1S/C30H45BClN3O7Si/c1-29(2)30(3,4)42-31(41-29)21-10-8-20(9-11-21)26-24(32)16-25-27(34-26)35(19-39-14-15-43(5,6)7)28(33-25)40-23(18-37)13-12-22(38)17-36/h8-11,16,22-23,36-38H,12-15,17-19H2,1-7H3. The van der Waals surface area contributed by atoms with Gasteiger partial charge in [0.25, 0.3) is 0 Å². The van der Waals surface area contributed by atoms with Crippen LogP contribution in [0.3, 0.4) is 0 Å². The summed E-state index contributed by atoms with van der Waals surface area (Å²) in [7, 11) is -1.78. The van der Waals surface area contributed by atoms with E-state index in [9.17, 15) is 10.2 Å². The molecule has 2 atom stereocenters. The summed E-state index contributed by atoms with van der Waals surface area (Å²) in [4.78, 5) is 9.54. The second-order valence-corrected chi connectivity index (χ2v) is 19.4. The normalized spacial score (nSPS) is 17.9.